The molecule has 1 aromatic carbocycles. The number of rotatable bonds is 5. The Morgan fingerprint density at radius 3 is 2.64 bits per heavy atom. The van der Waals surface area contributed by atoms with E-state index in [0.717, 1.165) is 51.7 Å². The van der Waals surface area contributed by atoms with Crippen molar-refractivity contribution in [2.75, 3.05) is 19.8 Å². The molecule has 1 spiro atoms. The molecular formula is C18H27NO3. The molecule has 2 atom stereocenters. The quantitative estimate of drug-likeness (QED) is 0.878. The largest absolute Gasteiger partial charge is 0.396 e. The maximum Gasteiger partial charge on any atom is 0.168 e. The number of aliphatic hydroxyl groups excluding tert-OH is 1. The lowest BCUT2D eigenvalue weighted by molar-refractivity contribution is -0.165. The molecule has 1 saturated carbocycles. The van der Waals surface area contributed by atoms with Crippen molar-refractivity contribution >= 4 is 0 Å². The van der Waals surface area contributed by atoms with E-state index in [1.807, 2.05) is 6.07 Å². The van der Waals surface area contributed by atoms with Crippen LogP contribution in [0.1, 0.15) is 50.1 Å². The van der Waals surface area contributed by atoms with Crippen LogP contribution < -0.4 is 5.32 Å². The fourth-order valence-electron chi connectivity index (χ4n) is 3.68. The lowest BCUT2D eigenvalue weighted by Crippen LogP contribution is -2.34. The van der Waals surface area contributed by atoms with Gasteiger partial charge in [-0.1, -0.05) is 30.3 Å². The molecule has 0 aromatic heterocycles. The van der Waals surface area contributed by atoms with Crippen molar-refractivity contribution in [1.82, 2.24) is 5.32 Å². The molecule has 1 heterocycles. The van der Waals surface area contributed by atoms with E-state index in [1.54, 1.807) is 0 Å². The van der Waals surface area contributed by atoms with E-state index in [2.05, 4.69) is 29.6 Å². The number of hydrogen-bond donors (Lipinski definition) is 2. The minimum atomic E-state index is -0.310. The Balaban J connectivity index is 1.60. The zero-order valence-electron chi connectivity index (χ0n) is 13.2. The Labute approximate surface area is 132 Å². The summed E-state index contributed by atoms with van der Waals surface area (Å²) in [5, 5.41) is 13.1. The van der Waals surface area contributed by atoms with Crippen LogP contribution in [-0.2, 0) is 9.47 Å². The lowest BCUT2D eigenvalue weighted by atomic mass is 10.0. The number of nitrogens with one attached hydrogen (secondary N) is 1. The summed E-state index contributed by atoms with van der Waals surface area (Å²) >= 11 is 0. The van der Waals surface area contributed by atoms with Crippen molar-refractivity contribution < 1.29 is 14.6 Å². The van der Waals surface area contributed by atoms with Crippen LogP contribution in [0.2, 0.25) is 0 Å². The van der Waals surface area contributed by atoms with Crippen molar-refractivity contribution in [3.8, 4) is 0 Å². The molecule has 1 aliphatic heterocycles. The van der Waals surface area contributed by atoms with Gasteiger partial charge in [-0.25, -0.2) is 0 Å². The SMILES string of the molecule is OCC[C@@H](NC1CCCC2(CC1)OCCO2)c1ccccc1. The molecule has 0 radical (unpaired) electrons. The van der Waals surface area contributed by atoms with Gasteiger partial charge in [-0.3, -0.25) is 0 Å². The molecule has 1 aliphatic carbocycles. The maximum atomic E-state index is 9.37. The highest BCUT2D eigenvalue weighted by Crippen LogP contribution is 2.35. The van der Waals surface area contributed by atoms with Gasteiger partial charge >= 0.3 is 0 Å². The van der Waals surface area contributed by atoms with E-state index in [4.69, 9.17) is 9.47 Å². The molecule has 2 N–H and O–H groups in total. The summed E-state index contributed by atoms with van der Waals surface area (Å²) in [5.74, 6) is -0.310. The lowest BCUT2D eigenvalue weighted by Gasteiger charge is -2.27. The van der Waals surface area contributed by atoms with Gasteiger partial charge in [-0.05, 0) is 31.2 Å². The first-order valence-corrected chi connectivity index (χ1v) is 8.51. The average Bonchev–Trinajstić information content (AvgIpc) is 2.92. The summed E-state index contributed by atoms with van der Waals surface area (Å²) in [4.78, 5) is 0. The Kier molecular flexibility index (Phi) is 5.47. The first-order chi connectivity index (χ1) is 10.8. The van der Waals surface area contributed by atoms with E-state index < -0.39 is 0 Å². The van der Waals surface area contributed by atoms with E-state index in [9.17, 15) is 5.11 Å². The van der Waals surface area contributed by atoms with Crippen LogP contribution in [0.4, 0.5) is 0 Å². The van der Waals surface area contributed by atoms with Crippen LogP contribution in [0.3, 0.4) is 0 Å². The summed E-state index contributed by atoms with van der Waals surface area (Å²) in [6.07, 6.45) is 6.04. The monoisotopic (exact) mass is 305 g/mol. The Morgan fingerprint density at radius 2 is 1.91 bits per heavy atom. The minimum Gasteiger partial charge on any atom is -0.396 e. The Morgan fingerprint density at radius 1 is 1.14 bits per heavy atom. The first-order valence-electron chi connectivity index (χ1n) is 8.51. The van der Waals surface area contributed by atoms with E-state index in [-0.39, 0.29) is 18.4 Å². The van der Waals surface area contributed by atoms with Crippen LogP contribution in [0, 0.1) is 0 Å². The molecule has 0 bridgehead atoms. The van der Waals surface area contributed by atoms with Gasteiger partial charge in [-0.15, -0.1) is 0 Å². The second kappa shape index (κ2) is 7.55. The van der Waals surface area contributed by atoms with E-state index in [1.165, 1.54) is 5.56 Å². The fourth-order valence-corrected chi connectivity index (χ4v) is 3.68. The molecular weight excluding hydrogens is 278 g/mol. The summed E-state index contributed by atoms with van der Waals surface area (Å²) in [6, 6.07) is 11.1. The zero-order valence-corrected chi connectivity index (χ0v) is 13.2. The van der Waals surface area contributed by atoms with Gasteiger partial charge in [0, 0.05) is 31.5 Å². The Bertz CT molecular complexity index is 445. The number of ether oxygens (including phenoxy) is 2. The summed E-state index contributed by atoms with van der Waals surface area (Å²) in [7, 11) is 0. The highest BCUT2D eigenvalue weighted by Gasteiger charge is 2.38. The topological polar surface area (TPSA) is 50.7 Å². The van der Waals surface area contributed by atoms with Crippen LogP contribution in [0.15, 0.2) is 30.3 Å². The summed E-state index contributed by atoms with van der Waals surface area (Å²) in [5.41, 5.74) is 1.25. The molecule has 4 heteroatoms. The van der Waals surface area contributed by atoms with Gasteiger partial charge in [0.2, 0.25) is 0 Å². The van der Waals surface area contributed by atoms with Crippen LogP contribution in [0.5, 0.6) is 0 Å². The molecule has 1 saturated heterocycles. The van der Waals surface area contributed by atoms with Crippen molar-refractivity contribution in [2.24, 2.45) is 0 Å². The van der Waals surface area contributed by atoms with Gasteiger partial charge in [0.25, 0.3) is 0 Å². The third kappa shape index (κ3) is 3.87. The predicted octanol–water partition coefficient (Wildman–Crippen LogP) is 2.78. The highest BCUT2D eigenvalue weighted by atomic mass is 16.7. The van der Waals surface area contributed by atoms with Crippen molar-refractivity contribution in [2.45, 2.75) is 56.4 Å². The third-order valence-electron chi connectivity index (χ3n) is 4.85. The predicted molar refractivity (Wildman–Crippen MR) is 85.5 cm³/mol. The molecule has 1 aromatic rings. The zero-order chi connectivity index (χ0) is 15.3. The van der Waals surface area contributed by atoms with E-state index in [0.29, 0.717) is 6.04 Å². The fraction of sp³-hybridized carbons (Fsp3) is 0.667. The van der Waals surface area contributed by atoms with Crippen LogP contribution >= 0.6 is 0 Å². The van der Waals surface area contributed by atoms with Gasteiger partial charge in [0.15, 0.2) is 5.79 Å². The first kappa shape index (κ1) is 15.9. The summed E-state index contributed by atoms with van der Waals surface area (Å²) < 4.78 is 11.7. The normalized spacial score (nSPS) is 26.0. The van der Waals surface area contributed by atoms with E-state index >= 15 is 0 Å². The maximum absolute atomic E-state index is 9.37. The van der Waals surface area contributed by atoms with Crippen molar-refractivity contribution in [3.63, 3.8) is 0 Å². The minimum absolute atomic E-state index is 0.204. The molecule has 4 nitrogen and oxygen atoms in total. The van der Waals surface area contributed by atoms with Crippen molar-refractivity contribution in [1.29, 1.82) is 0 Å². The Hall–Kier alpha value is -0.940. The highest BCUT2D eigenvalue weighted by molar-refractivity contribution is 5.19. The molecule has 2 fully saturated rings. The van der Waals surface area contributed by atoms with Crippen molar-refractivity contribution in [3.05, 3.63) is 35.9 Å². The number of benzene rings is 1. The second-order valence-electron chi connectivity index (χ2n) is 6.38. The van der Waals surface area contributed by atoms with Gasteiger partial charge in [0.05, 0.1) is 13.2 Å². The standard InChI is InChI=1S/C18H27NO3/c20-12-9-17(15-5-2-1-3-6-15)19-16-7-4-10-18(11-8-16)21-13-14-22-18/h1-3,5-6,16-17,19-20H,4,7-14H2/t16?,17-/m1/s1. The third-order valence-corrected chi connectivity index (χ3v) is 4.85. The summed E-state index contributed by atoms with van der Waals surface area (Å²) in [6.45, 7) is 1.67. The smallest absolute Gasteiger partial charge is 0.168 e. The number of aliphatic hydroxyl groups is 1. The molecule has 3 rings (SSSR count). The van der Waals surface area contributed by atoms with Gasteiger partial charge in [-0.2, -0.15) is 0 Å². The van der Waals surface area contributed by atoms with Crippen LogP contribution in [-0.4, -0.2) is 36.8 Å². The average molecular weight is 305 g/mol. The molecule has 122 valence electrons. The molecule has 22 heavy (non-hydrogen) atoms. The number of hydrogen-bond acceptors (Lipinski definition) is 4. The van der Waals surface area contributed by atoms with Crippen LogP contribution in [0.25, 0.3) is 0 Å². The second-order valence-corrected chi connectivity index (χ2v) is 6.38. The van der Waals surface area contributed by atoms with Gasteiger partial charge < -0.3 is 19.9 Å². The molecule has 2 aliphatic rings. The molecule has 0 amide bonds. The molecule has 1 unspecified atom stereocenters. The van der Waals surface area contributed by atoms with Gasteiger partial charge in [0.1, 0.15) is 0 Å².